The first-order chi connectivity index (χ1) is 11.6. The summed E-state index contributed by atoms with van der Waals surface area (Å²) in [5.41, 5.74) is 2.37. The van der Waals surface area contributed by atoms with Gasteiger partial charge >= 0.3 is 0 Å². The molecule has 6 nitrogen and oxygen atoms in total. The molecule has 4 rings (SSSR count). The van der Waals surface area contributed by atoms with Gasteiger partial charge in [-0.05, 0) is 30.3 Å². The fourth-order valence-corrected chi connectivity index (χ4v) is 3.01. The van der Waals surface area contributed by atoms with Crippen LogP contribution in [-0.2, 0) is 11.3 Å². The lowest BCUT2D eigenvalue weighted by Crippen LogP contribution is -2.22. The first-order valence-electron chi connectivity index (χ1n) is 7.43. The summed E-state index contributed by atoms with van der Waals surface area (Å²) < 4.78 is 1.91. The van der Waals surface area contributed by atoms with Gasteiger partial charge in [-0.15, -0.1) is 0 Å². The van der Waals surface area contributed by atoms with E-state index in [0.717, 1.165) is 11.0 Å². The highest BCUT2D eigenvalue weighted by molar-refractivity contribution is 6.31. The average Bonchev–Trinajstić information content (AvgIpc) is 2.93. The summed E-state index contributed by atoms with van der Waals surface area (Å²) in [6.07, 6.45) is 3.54. The number of rotatable bonds is 2. The van der Waals surface area contributed by atoms with E-state index in [0.29, 0.717) is 29.5 Å². The number of nitrogens with one attached hydrogen (secondary N) is 1. The molecule has 0 fully saturated rings. The van der Waals surface area contributed by atoms with Crippen LogP contribution >= 0.6 is 11.6 Å². The summed E-state index contributed by atoms with van der Waals surface area (Å²) in [7, 11) is 0. The molecule has 0 aliphatic carbocycles. The second kappa shape index (κ2) is 5.65. The molecule has 0 spiro atoms. The van der Waals surface area contributed by atoms with Crippen LogP contribution in [0.4, 0.5) is 5.69 Å². The summed E-state index contributed by atoms with van der Waals surface area (Å²) in [4.78, 5) is 21.1. The number of fused-ring (bicyclic) bond motifs is 3. The number of aliphatic hydroxyl groups is 1. The fraction of sp³-hybridized carbons (Fsp3) is 0.118. The molecule has 3 aromatic rings. The number of nitrogens with zero attached hydrogens (tertiary/aromatic N) is 3. The second-order valence-electron chi connectivity index (χ2n) is 5.48. The summed E-state index contributed by atoms with van der Waals surface area (Å²) in [5, 5.41) is 13.6. The van der Waals surface area contributed by atoms with E-state index in [9.17, 15) is 9.90 Å². The highest BCUT2D eigenvalue weighted by Gasteiger charge is 2.28. The Labute approximate surface area is 142 Å². The number of imidazole rings is 1. The number of hydrogen-bond acceptors (Lipinski definition) is 4. The van der Waals surface area contributed by atoms with Crippen molar-refractivity contribution in [2.75, 3.05) is 5.32 Å². The lowest BCUT2D eigenvalue weighted by molar-refractivity contribution is -0.111. The van der Waals surface area contributed by atoms with Crippen LogP contribution in [0.25, 0.3) is 16.6 Å². The topological polar surface area (TPSA) is 80.0 Å². The Morgan fingerprint density at radius 1 is 1.25 bits per heavy atom. The largest absolute Gasteiger partial charge is 0.511 e. The van der Waals surface area contributed by atoms with Gasteiger partial charge in [-0.25, -0.2) is 4.98 Å². The van der Waals surface area contributed by atoms with Gasteiger partial charge in [0.2, 0.25) is 0 Å². The molecule has 1 amide bonds. The summed E-state index contributed by atoms with van der Waals surface area (Å²) in [6, 6.07) is 8.73. The molecular weight excluding hydrogens is 328 g/mol. The number of aliphatic hydroxyl groups excluding tert-OH is 1. The average molecular weight is 341 g/mol. The molecule has 0 atom stereocenters. The number of carbonyl (C=O) groups excluding carboxylic acids is 1. The van der Waals surface area contributed by atoms with Crippen molar-refractivity contribution in [2.24, 2.45) is 0 Å². The van der Waals surface area contributed by atoms with E-state index in [-0.39, 0.29) is 11.3 Å². The van der Waals surface area contributed by atoms with Gasteiger partial charge in [0.05, 0.1) is 11.0 Å². The molecule has 1 aliphatic heterocycles. The Bertz CT molecular complexity index is 979. The van der Waals surface area contributed by atoms with E-state index < -0.39 is 5.91 Å². The van der Waals surface area contributed by atoms with Gasteiger partial charge in [0.1, 0.15) is 17.2 Å². The van der Waals surface area contributed by atoms with Crippen LogP contribution < -0.4 is 5.32 Å². The minimum absolute atomic E-state index is 0.0375. The Morgan fingerprint density at radius 3 is 2.83 bits per heavy atom. The van der Waals surface area contributed by atoms with Gasteiger partial charge in [-0.1, -0.05) is 11.6 Å². The minimum atomic E-state index is -0.402. The first kappa shape index (κ1) is 14.7. The first-order valence-corrected chi connectivity index (χ1v) is 7.81. The van der Waals surface area contributed by atoms with Crippen molar-refractivity contribution < 1.29 is 9.90 Å². The molecule has 120 valence electrons. The van der Waals surface area contributed by atoms with E-state index >= 15 is 0 Å². The molecule has 7 heteroatoms. The summed E-state index contributed by atoms with van der Waals surface area (Å²) >= 11 is 6.07. The quantitative estimate of drug-likeness (QED) is 0.749. The SMILES string of the molecule is O=C(Nc1ccncc1)C1=C(O)CCn2c1nc1ccc(Cl)cc12. The number of halogens is 1. The normalized spacial score (nSPS) is 13.9. The van der Waals surface area contributed by atoms with Crippen LogP contribution in [0.15, 0.2) is 48.5 Å². The van der Waals surface area contributed by atoms with Crippen molar-refractivity contribution in [3.8, 4) is 0 Å². The number of anilines is 1. The van der Waals surface area contributed by atoms with Crippen molar-refractivity contribution in [2.45, 2.75) is 13.0 Å². The zero-order valence-corrected chi connectivity index (χ0v) is 13.3. The van der Waals surface area contributed by atoms with E-state index in [1.165, 1.54) is 0 Å². The lowest BCUT2D eigenvalue weighted by atomic mass is 10.1. The maximum Gasteiger partial charge on any atom is 0.262 e. The maximum atomic E-state index is 12.7. The van der Waals surface area contributed by atoms with Gasteiger partial charge in [0, 0.05) is 36.1 Å². The predicted molar refractivity (Wildman–Crippen MR) is 91.8 cm³/mol. The monoisotopic (exact) mass is 340 g/mol. The molecule has 3 heterocycles. The Balaban J connectivity index is 1.79. The minimum Gasteiger partial charge on any atom is -0.511 e. The van der Waals surface area contributed by atoms with Gasteiger partial charge in [-0.3, -0.25) is 9.78 Å². The molecule has 2 N–H and O–H groups in total. The maximum absolute atomic E-state index is 12.7. The van der Waals surface area contributed by atoms with Gasteiger partial charge in [0.15, 0.2) is 0 Å². The number of aromatic nitrogens is 3. The molecule has 1 aliphatic rings. The molecule has 1 aromatic carbocycles. The molecule has 0 radical (unpaired) electrons. The van der Waals surface area contributed by atoms with Crippen molar-refractivity contribution in [3.05, 3.63) is 59.3 Å². The highest BCUT2D eigenvalue weighted by Crippen LogP contribution is 2.31. The number of allylic oxidation sites excluding steroid dienone is 1. The van der Waals surface area contributed by atoms with Crippen LogP contribution in [0.3, 0.4) is 0 Å². The third-order valence-electron chi connectivity index (χ3n) is 3.96. The Hall–Kier alpha value is -2.86. The zero-order chi connectivity index (χ0) is 16.7. The second-order valence-corrected chi connectivity index (χ2v) is 5.92. The van der Waals surface area contributed by atoms with Crippen LogP contribution in [0, 0.1) is 0 Å². The molecule has 24 heavy (non-hydrogen) atoms. The van der Waals surface area contributed by atoms with Crippen molar-refractivity contribution >= 4 is 39.8 Å². The molecule has 2 aromatic heterocycles. The van der Waals surface area contributed by atoms with E-state index in [4.69, 9.17) is 11.6 Å². The molecule has 0 bridgehead atoms. The smallest absolute Gasteiger partial charge is 0.262 e. The number of aryl methyl sites for hydroxylation is 1. The van der Waals surface area contributed by atoms with Crippen LogP contribution in [-0.4, -0.2) is 25.5 Å². The van der Waals surface area contributed by atoms with Crippen molar-refractivity contribution in [3.63, 3.8) is 0 Å². The van der Waals surface area contributed by atoms with E-state index in [1.807, 2.05) is 10.6 Å². The van der Waals surface area contributed by atoms with Crippen LogP contribution in [0.2, 0.25) is 5.02 Å². The zero-order valence-electron chi connectivity index (χ0n) is 12.5. The van der Waals surface area contributed by atoms with Crippen molar-refractivity contribution in [1.29, 1.82) is 0 Å². The number of pyridine rings is 1. The van der Waals surface area contributed by atoms with Gasteiger partial charge < -0.3 is 15.0 Å². The molecule has 0 saturated carbocycles. The molecular formula is C17H13ClN4O2. The third-order valence-corrected chi connectivity index (χ3v) is 4.20. The molecule has 0 saturated heterocycles. The fourth-order valence-electron chi connectivity index (χ4n) is 2.85. The van der Waals surface area contributed by atoms with E-state index in [1.54, 1.807) is 36.7 Å². The summed E-state index contributed by atoms with van der Waals surface area (Å²) in [6.45, 7) is 0.546. The Morgan fingerprint density at radius 2 is 2.04 bits per heavy atom. The number of hydrogen-bond donors (Lipinski definition) is 2. The van der Waals surface area contributed by atoms with Crippen LogP contribution in [0.5, 0.6) is 0 Å². The van der Waals surface area contributed by atoms with Gasteiger partial charge in [-0.2, -0.15) is 0 Å². The Kier molecular flexibility index (Phi) is 3.46. The number of amides is 1. The van der Waals surface area contributed by atoms with Crippen LogP contribution in [0.1, 0.15) is 12.2 Å². The summed E-state index contributed by atoms with van der Waals surface area (Å²) in [5.74, 6) is 0.0825. The van der Waals surface area contributed by atoms with Gasteiger partial charge in [0.25, 0.3) is 5.91 Å². The standard InChI is InChI=1S/C17H13ClN4O2/c18-10-1-2-12-13(9-10)22-8-5-14(23)15(16(22)21-12)17(24)20-11-3-6-19-7-4-11/h1-4,6-7,9,23H,5,8H2,(H,19,20,24). The number of benzene rings is 1. The predicted octanol–water partition coefficient (Wildman–Crippen LogP) is 3.40. The number of carbonyl (C=O) groups is 1. The van der Waals surface area contributed by atoms with E-state index in [2.05, 4.69) is 15.3 Å². The molecule has 0 unspecified atom stereocenters. The highest BCUT2D eigenvalue weighted by atomic mass is 35.5. The van der Waals surface area contributed by atoms with Crippen molar-refractivity contribution in [1.82, 2.24) is 14.5 Å². The lowest BCUT2D eigenvalue weighted by Gasteiger charge is -2.18. The third kappa shape index (κ3) is 2.41.